The van der Waals surface area contributed by atoms with E-state index in [1.54, 1.807) is 0 Å². The van der Waals surface area contributed by atoms with Crippen LogP contribution in [-0.2, 0) is 6.54 Å². The predicted octanol–water partition coefficient (Wildman–Crippen LogP) is 4.74. The number of nitrogens with one attached hydrogen (secondary N) is 2. The van der Waals surface area contributed by atoms with Crippen LogP contribution < -0.4 is 5.32 Å². The molecule has 0 aliphatic carbocycles. The summed E-state index contributed by atoms with van der Waals surface area (Å²) in [6.45, 7) is 2.82. The normalized spacial score (nSPS) is 10.8. The number of fused-ring (bicyclic) bond motifs is 1. The zero-order valence-corrected chi connectivity index (χ0v) is 11.5. The minimum absolute atomic E-state index is 0.794. The average Bonchev–Trinajstić information content (AvgIpc) is 2.88. The predicted molar refractivity (Wildman–Crippen MR) is 81.8 cm³/mol. The van der Waals surface area contributed by atoms with Crippen molar-refractivity contribution in [1.29, 1.82) is 0 Å². The Balaban J connectivity index is 1.80. The van der Waals surface area contributed by atoms with Crippen LogP contribution >= 0.6 is 11.6 Å². The molecule has 3 heteroatoms. The second kappa shape index (κ2) is 4.98. The van der Waals surface area contributed by atoms with Crippen LogP contribution in [0.1, 0.15) is 11.1 Å². The van der Waals surface area contributed by atoms with Gasteiger partial charge in [0.25, 0.3) is 0 Å². The Labute approximate surface area is 117 Å². The van der Waals surface area contributed by atoms with Gasteiger partial charge in [0, 0.05) is 29.0 Å². The van der Waals surface area contributed by atoms with Crippen LogP contribution in [0.25, 0.3) is 10.9 Å². The summed E-state index contributed by atoms with van der Waals surface area (Å²) < 4.78 is 0. The van der Waals surface area contributed by atoms with Crippen molar-refractivity contribution in [1.82, 2.24) is 4.98 Å². The van der Waals surface area contributed by atoms with E-state index < -0.39 is 0 Å². The SMILES string of the molecule is Cc1c(Cl)cccc1NCc1ccc2[nH]ccc2c1. The highest BCUT2D eigenvalue weighted by Gasteiger charge is 2.02. The first-order chi connectivity index (χ1) is 9.24. The molecule has 3 aromatic rings. The first kappa shape index (κ1) is 12.1. The van der Waals surface area contributed by atoms with Gasteiger partial charge >= 0.3 is 0 Å². The van der Waals surface area contributed by atoms with Crippen molar-refractivity contribution in [3.8, 4) is 0 Å². The highest BCUT2D eigenvalue weighted by Crippen LogP contribution is 2.23. The first-order valence-corrected chi connectivity index (χ1v) is 6.67. The molecular weight excluding hydrogens is 256 g/mol. The lowest BCUT2D eigenvalue weighted by Crippen LogP contribution is -2.01. The van der Waals surface area contributed by atoms with E-state index in [0.717, 1.165) is 22.8 Å². The van der Waals surface area contributed by atoms with E-state index in [9.17, 15) is 0 Å². The van der Waals surface area contributed by atoms with Crippen LogP contribution in [0.15, 0.2) is 48.7 Å². The molecule has 2 N–H and O–H groups in total. The van der Waals surface area contributed by atoms with Crippen molar-refractivity contribution >= 4 is 28.2 Å². The van der Waals surface area contributed by atoms with Gasteiger partial charge in [-0.25, -0.2) is 0 Å². The summed E-state index contributed by atoms with van der Waals surface area (Å²) in [5.74, 6) is 0. The Bertz CT molecular complexity index is 716. The number of hydrogen-bond donors (Lipinski definition) is 2. The third-order valence-corrected chi connectivity index (χ3v) is 3.78. The number of hydrogen-bond acceptors (Lipinski definition) is 1. The van der Waals surface area contributed by atoms with E-state index in [2.05, 4.69) is 40.6 Å². The van der Waals surface area contributed by atoms with E-state index in [1.165, 1.54) is 16.5 Å². The summed E-state index contributed by atoms with van der Waals surface area (Å²) in [4.78, 5) is 3.20. The fourth-order valence-electron chi connectivity index (χ4n) is 2.21. The number of rotatable bonds is 3. The van der Waals surface area contributed by atoms with Crippen LogP contribution in [0.5, 0.6) is 0 Å². The molecular formula is C16H15ClN2. The molecule has 19 heavy (non-hydrogen) atoms. The van der Waals surface area contributed by atoms with Crippen molar-refractivity contribution in [3.63, 3.8) is 0 Å². The average molecular weight is 271 g/mol. The van der Waals surface area contributed by atoms with Crippen molar-refractivity contribution in [2.24, 2.45) is 0 Å². The van der Waals surface area contributed by atoms with Gasteiger partial charge in [-0.05, 0) is 53.8 Å². The molecule has 3 rings (SSSR count). The Kier molecular flexibility index (Phi) is 3.18. The van der Waals surface area contributed by atoms with Gasteiger partial charge < -0.3 is 10.3 Å². The van der Waals surface area contributed by atoms with Gasteiger partial charge in [0.15, 0.2) is 0 Å². The molecule has 2 nitrogen and oxygen atoms in total. The van der Waals surface area contributed by atoms with Gasteiger partial charge in [0.05, 0.1) is 0 Å². The second-order valence-electron chi connectivity index (χ2n) is 4.67. The molecule has 0 fully saturated rings. The monoisotopic (exact) mass is 270 g/mol. The lowest BCUT2D eigenvalue weighted by atomic mass is 10.1. The molecule has 2 aromatic carbocycles. The molecule has 0 radical (unpaired) electrons. The topological polar surface area (TPSA) is 27.8 Å². The molecule has 0 atom stereocenters. The molecule has 0 spiro atoms. The second-order valence-corrected chi connectivity index (χ2v) is 5.07. The fourth-order valence-corrected chi connectivity index (χ4v) is 2.38. The van der Waals surface area contributed by atoms with Crippen LogP contribution in [0.2, 0.25) is 5.02 Å². The van der Waals surface area contributed by atoms with Crippen molar-refractivity contribution in [2.75, 3.05) is 5.32 Å². The van der Waals surface area contributed by atoms with Crippen LogP contribution in [0, 0.1) is 6.92 Å². The molecule has 1 aromatic heterocycles. The minimum atomic E-state index is 0.794. The Hall–Kier alpha value is -1.93. The minimum Gasteiger partial charge on any atom is -0.381 e. The zero-order chi connectivity index (χ0) is 13.2. The summed E-state index contributed by atoms with van der Waals surface area (Å²) in [7, 11) is 0. The summed E-state index contributed by atoms with van der Waals surface area (Å²) in [5, 5.41) is 5.47. The maximum atomic E-state index is 6.11. The third kappa shape index (κ3) is 2.45. The lowest BCUT2D eigenvalue weighted by Gasteiger charge is -2.10. The largest absolute Gasteiger partial charge is 0.381 e. The Morgan fingerprint density at radius 2 is 2.05 bits per heavy atom. The van der Waals surface area contributed by atoms with Gasteiger partial charge in [0.2, 0.25) is 0 Å². The van der Waals surface area contributed by atoms with Gasteiger partial charge in [-0.3, -0.25) is 0 Å². The van der Waals surface area contributed by atoms with Crippen LogP contribution in [-0.4, -0.2) is 4.98 Å². The molecule has 0 amide bonds. The molecule has 0 bridgehead atoms. The molecule has 0 aliphatic rings. The Morgan fingerprint density at radius 3 is 2.95 bits per heavy atom. The van der Waals surface area contributed by atoms with Crippen molar-refractivity contribution in [2.45, 2.75) is 13.5 Å². The smallest absolute Gasteiger partial charge is 0.0455 e. The quantitative estimate of drug-likeness (QED) is 0.707. The highest BCUT2D eigenvalue weighted by molar-refractivity contribution is 6.31. The third-order valence-electron chi connectivity index (χ3n) is 3.37. The number of aromatic amines is 1. The van der Waals surface area contributed by atoms with E-state index in [1.807, 2.05) is 25.3 Å². The summed E-state index contributed by atoms with van der Waals surface area (Å²) in [6.07, 6.45) is 1.96. The molecule has 1 heterocycles. The van der Waals surface area contributed by atoms with Crippen LogP contribution in [0.3, 0.4) is 0 Å². The first-order valence-electron chi connectivity index (χ1n) is 6.29. The Morgan fingerprint density at radius 1 is 1.16 bits per heavy atom. The lowest BCUT2D eigenvalue weighted by molar-refractivity contribution is 1.14. The number of halogens is 1. The van der Waals surface area contributed by atoms with Crippen molar-refractivity contribution < 1.29 is 0 Å². The van der Waals surface area contributed by atoms with Gasteiger partial charge in [0.1, 0.15) is 0 Å². The molecule has 0 saturated heterocycles. The van der Waals surface area contributed by atoms with Gasteiger partial charge in [-0.2, -0.15) is 0 Å². The number of benzene rings is 2. The summed E-state index contributed by atoms with van der Waals surface area (Å²) in [6, 6.07) is 14.4. The fraction of sp³-hybridized carbons (Fsp3) is 0.125. The number of anilines is 1. The maximum Gasteiger partial charge on any atom is 0.0455 e. The zero-order valence-electron chi connectivity index (χ0n) is 10.7. The number of H-pyrrole nitrogens is 1. The number of aromatic nitrogens is 1. The van der Waals surface area contributed by atoms with Crippen molar-refractivity contribution in [3.05, 3.63) is 64.8 Å². The molecule has 0 saturated carbocycles. The van der Waals surface area contributed by atoms with E-state index in [-0.39, 0.29) is 0 Å². The van der Waals surface area contributed by atoms with E-state index >= 15 is 0 Å². The highest BCUT2D eigenvalue weighted by atomic mass is 35.5. The van der Waals surface area contributed by atoms with Gasteiger partial charge in [-0.15, -0.1) is 0 Å². The maximum absolute atomic E-state index is 6.11. The molecule has 96 valence electrons. The summed E-state index contributed by atoms with van der Waals surface area (Å²) in [5.41, 5.74) is 4.60. The van der Waals surface area contributed by atoms with E-state index in [0.29, 0.717) is 0 Å². The summed E-state index contributed by atoms with van der Waals surface area (Å²) >= 11 is 6.11. The molecule has 0 unspecified atom stereocenters. The van der Waals surface area contributed by atoms with Crippen LogP contribution in [0.4, 0.5) is 5.69 Å². The van der Waals surface area contributed by atoms with E-state index in [4.69, 9.17) is 11.6 Å². The van der Waals surface area contributed by atoms with Gasteiger partial charge in [-0.1, -0.05) is 23.7 Å². The molecule has 0 aliphatic heterocycles. The standard InChI is InChI=1S/C16H15ClN2/c1-11-14(17)3-2-4-15(11)19-10-12-5-6-16-13(9-12)7-8-18-16/h2-9,18-19H,10H2,1H3.